The van der Waals surface area contributed by atoms with Crippen LogP contribution in [0.25, 0.3) is 10.2 Å². The summed E-state index contributed by atoms with van der Waals surface area (Å²) in [6, 6.07) is 0. The van der Waals surface area contributed by atoms with Crippen LogP contribution in [0.3, 0.4) is 0 Å². The third-order valence-electron chi connectivity index (χ3n) is 3.46. The second-order valence-corrected chi connectivity index (χ2v) is 6.22. The number of rotatable bonds is 1. The van der Waals surface area contributed by atoms with Crippen molar-refractivity contribution >= 4 is 27.4 Å². The smallest absolute Gasteiger partial charge is 0.141 e. The number of anilines is 1. The molecule has 0 spiro atoms. The minimum absolute atomic E-state index is 0.602. The zero-order valence-electron chi connectivity index (χ0n) is 10.9. The van der Waals surface area contributed by atoms with Crippen LogP contribution in [0.15, 0.2) is 5.38 Å². The molecule has 0 aromatic carbocycles. The third-order valence-corrected chi connectivity index (χ3v) is 4.45. The molecule has 96 valence electrons. The van der Waals surface area contributed by atoms with Crippen molar-refractivity contribution in [1.82, 2.24) is 9.97 Å². The highest BCUT2D eigenvalue weighted by Crippen LogP contribution is 2.34. The maximum absolute atomic E-state index is 10.1. The summed E-state index contributed by atoms with van der Waals surface area (Å²) >= 11 is 1.66. The maximum Gasteiger partial charge on any atom is 0.141 e. The van der Waals surface area contributed by atoms with Gasteiger partial charge in [-0.3, -0.25) is 0 Å². The Kier molecular flexibility index (Phi) is 2.57. The quantitative estimate of drug-likeness (QED) is 0.857. The van der Waals surface area contributed by atoms with E-state index in [0.717, 1.165) is 34.8 Å². The third kappa shape index (κ3) is 1.87. The Balaban J connectivity index is 2.14. The van der Waals surface area contributed by atoms with E-state index >= 15 is 0 Å². The monoisotopic (exact) mass is 263 g/mol. The molecule has 2 aromatic rings. The lowest BCUT2D eigenvalue weighted by atomic mass is 10.1. The summed E-state index contributed by atoms with van der Waals surface area (Å²) in [6.45, 7) is 7.40. The number of aliphatic hydroxyl groups is 1. The summed E-state index contributed by atoms with van der Waals surface area (Å²) in [5.74, 6) is 1.78. The molecule has 1 aliphatic heterocycles. The predicted octanol–water partition coefficient (Wildman–Crippen LogP) is 2.27. The Morgan fingerprint density at radius 2 is 2.17 bits per heavy atom. The van der Waals surface area contributed by atoms with E-state index in [4.69, 9.17) is 0 Å². The van der Waals surface area contributed by atoms with E-state index < -0.39 is 5.60 Å². The molecule has 1 saturated heterocycles. The van der Waals surface area contributed by atoms with Crippen molar-refractivity contribution in [3.8, 4) is 0 Å². The standard InChI is InChI=1S/C13H17N3OS/c1-8-6-18-12-10(8)11(14-9(2)15-12)16-5-4-13(3,17)7-16/h6,17H,4-5,7H2,1-3H3. The number of hydrogen-bond acceptors (Lipinski definition) is 5. The first-order valence-corrected chi connectivity index (χ1v) is 7.04. The van der Waals surface area contributed by atoms with Crippen molar-refractivity contribution < 1.29 is 5.11 Å². The largest absolute Gasteiger partial charge is 0.388 e. The molecule has 18 heavy (non-hydrogen) atoms. The van der Waals surface area contributed by atoms with Crippen LogP contribution in [-0.2, 0) is 0 Å². The summed E-state index contributed by atoms with van der Waals surface area (Å²) < 4.78 is 0. The molecule has 3 heterocycles. The Labute approximate surface area is 110 Å². The highest BCUT2D eigenvalue weighted by Gasteiger charge is 2.33. The summed E-state index contributed by atoms with van der Waals surface area (Å²) in [4.78, 5) is 12.3. The summed E-state index contributed by atoms with van der Waals surface area (Å²) in [7, 11) is 0. The normalized spacial score (nSPS) is 24.1. The number of fused-ring (bicyclic) bond motifs is 1. The molecule has 2 aromatic heterocycles. The molecule has 0 radical (unpaired) electrons. The van der Waals surface area contributed by atoms with E-state index in [1.54, 1.807) is 11.3 Å². The molecule has 1 fully saturated rings. The number of β-amino-alcohol motifs (C(OH)–C–C–N with tert-alkyl or cyclic N) is 1. The van der Waals surface area contributed by atoms with Gasteiger partial charge in [0.15, 0.2) is 0 Å². The second-order valence-electron chi connectivity index (χ2n) is 5.36. The molecule has 3 rings (SSSR count). The van der Waals surface area contributed by atoms with Gasteiger partial charge in [-0.15, -0.1) is 11.3 Å². The Hall–Kier alpha value is -1.20. The first kappa shape index (κ1) is 11.9. The molecule has 1 unspecified atom stereocenters. The van der Waals surface area contributed by atoms with Crippen molar-refractivity contribution in [1.29, 1.82) is 0 Å². The lowest BCUT2D eigenvalue weighted by molar-refractivity contribution is 0.0839. The Morgan fingerprint density at radius 1 is 1.39 bits per heavy atom. The lowest BCUT2D eigenvalue weighted by Crippen LogP contribution is -2.30. The number of aromatic nitrogens is 2. The average molecular weight is 263 g/mol. The summed E-state index contributed by atoms with van der Waals surface area (Å²) in [6.07, 6.45) is 0.792. The van der Waals surface area contributed by atoms with Crippen LogP contribution in [0.2, 0.25) is 0 Å². The van der Waals surface area contributed by atoms with Gasteiger partial charge in [0.25, 0.3) is 0 Å². The number of aryl methyl sites for hydroxylation is 2. The van der Waals surface area contributed by atoms with Gasteiger partial charge in [-0.2, -0.15) is 0 Å². The molecule has 0 aliphatic carbocycles. The SMILES string of the molecule is Cc1nc(N2CCC(C)(O)C2)c2c(C)csc2n1. The van der Waals surface area contributed by atoms with E-state index in [2.05, 4.69) is 27.2 Å². The fourth-order valence-corrected chi connectivity index (χ4v) is 3.48. The first-order valence-electron chi connectivity index (χ1n) is 6.16. The van der Waals surface area contributed by atoms with Gasteiger partial charge in [-0.25, -0.2) is 9.97 Å². The highest BCUT2D eigenvalue weighted by atomic mass is 32.1. The Bertz CT molecular complexity index is 606. The van der Waals surface area contributed by atoms with Crippen molar-refractivity contribution in [3.05, 3.63) is 16.8 Å². The molecular formula is C13H17N3OS. The van der Waals surface area contributed by atoms with Crippen molar-refractivity contribution in [2.45, 2.75) is 32.8 Å². The molecule has 0 amide bonds. The van der Waals surface area contributed by atoms with Gasteiger partial charge in [0.05, 0.1) is 11.0 Å². The summed E-state index contributed by atoms with van der Waals surface area (Å²) in [5, 5.41) is 13.4. The van der Waals surface area contributed by atoms with Crippen LogP contribution in [0.1, 0.15) is 24.7 Å². The van der Waals surface area contributed by atoms with Gasteiger partial charge in [0.1, 0.15) is 16.5 Å². The van der Waals surface area contributed by atoms with Gasteiger partial charge in [0, 0.05) is 13.1 Å². The van der Waals surface area contributed by atoms with E-state index in [1.807, 2.05) is 13.8 Å². The van der Waals surface area contributed by atoms with Crippen molar-refractivity contribution in [2.24, 2.45) is 0 Å². The van der Waals surface area contributed by atoms with E-state index in [0.29, 0.717) is 6.54 Å². The topological polar surface area (TPSA) is 49.2 Å². The van der Waals surface area contributed by atoms with Crippen LogP contribution < -0.4 is 4.90 Å². The van der Waals surface area contributed by atoms with Crippen LogP contribution >= 0.6 is 11.3 Å². The minimum Gasteiger partial charge on any atom is -0.388 e. The average Bonchev–Trinajstić information content (AvgIpc) is 2.82. The van der Waals surface area contributed by atoms with Gasteiger partial charge in [-0.05, 0) is 38.1 Å². The van der Waals surface area contributed by atoms with Gasteiger partial charge < -0.3 is 10.0 Å². The van der Waals surface area contributed by atoms with Crippen molar-refractivity contribution in [2.75, 3.05) is 18.0 Å². The number of thiophene rings is 1. The number of nitrogens with zero attached hydrogens (tertiary/aromatic N) is 3. The van der Waals surface area contributed by atoms with Gasteiger partial charge >= 0.3 is 0 Å². The molecule has 0 saturated carbocycles. The fourth-order valence-electron chi connectivity index (χ4n) is 2.52. The molecule has 1 N–H and O–H groups in total. The molecular weight excluding hydrogens is 246 g/mol. The van der Waals surface area contributed by atoms with E-state index in [9.17, 15) is 5.11 Å². The molecule has 1 aliphatic rings. The molecule has 5 heteroatoms. The molecule has 1 atom stereocenters. The van der Waals surface area contributed by atoms with Gasteiger partial charge in [-0.1, -0.05) is 0 Å². The molecule has 0 bridgehead atoms. The van der Waals surface area contributed by atoms with Crippen LogP contribution in [0.4, 0.5) is 5.82 Å². The fraction of sp³-hybridized carbons (Fsp3) is 0.538. The minimum atomic E-state index is -0.602. The van der Waals surface area contributed by atoms with E-state index in [-0.39, 0.29) is 0 Å². The van der Waals surface area contributed by atoms with Crippen LogP contribution in [0, 0.1) is 13.8 Å². The number of hydrogen-bond donors (Lipinski definition) is 1. The van der Waals surface area contributed by atoms with Crippen LogP contribution in [0.5, 0.6) is 0 Å². The molecule has 4 nitrogen and oxygen atoms in total. The predicted molar refractivity (Wildman–Crippen MR) is 74.3 cm³/mol. The second kappa shape index (κ2) is 3.90. The Morgan fingerprint density at radius 3 is 2.83 bits per heavy atom. The van der Waals surface area contributed by atoms with Crippen LogP contribution in [-0.4, -0.2) is 33.8 Å². The highest BCUT2D eigenvalue weighted by molar-refractivity contribution is 7.17. The zero-order chi connectivity index (χ0) is 12.9. The lowest BCUT2D eigenvalue weighted by Gasteiger charge is -2.21. The van der Waals surface area contributed by atoms with E-state index in [1.165, 1.54) is 5.56 Å². The first-order chi connectivity index (χ1) is 8.46. The zero-order valence-corrected chi connectivity index (χ0v) is 11.7. The maximum atomic E-state index is 10.1. The summed E-state index contributed by atoms with van der Waals surface area (Å²) in [5.41, 5.74) is 0.617. The van der Waals surface area contributed by atoms with Crippen molar-refractivity contribution in [3.63, 3.8) is 0 Å². The van der Waals surface area contributed by atoms with Gasteiger partial charge in [0.2, 0.25) is 0 Å².